The molecule has 2 aliphatic heterocycles. The molecule has 0 spiro atoms. The standard InChI is InChI=1S/C22H25N3O2S/c1-15-16(2)28-22-20(15)21(17-9-5-3-6-10-17)23-13-18(26)25(22)14-19(27)24-11-7-4-8-12-24/h3,5-6,9-10H,4,7-8,11-14H2,1-2H3. The molecule has 0 bridgehead atoms. The molecule has 6 heteroatoms. The van der Waals surface area contributed by atoms with Crippen LogP contribution in [0.5, 0.6) is 0 Å². The Kier molecular flexibility index (Phi) is 5.31. The number of aryl methyl sites for hydroxylation is 1. The minimum absolute atomic E-state index is 0.0332. The summed E-state index contributed by atoms with van der Waals surface area (Å²) in [5.74, 6) is -0.0790. The second-order valence-corrected chi connectivity index (χ2v) is 8.62. The van der Waals surface area contributed by atoms with Crippen molar-refractivity contribution in [1.82, 2.24) is 4.90 Å². The van der Waals surface area contributed by atoms with E-state index in [1.807, 2.05) is 35.2 Å². The van der Waals surface area contributed by atoms with Crippen LogP contribution >= 0.6 is 11.3 Å². The summed E-state index contributed by atoms with van der Waals surface area (Å²) in [7, 11) is 0. The van der Waals surface area contributed by atoms with E-state index >= 15 is 0 Å². The molecule has 1 fully saturated rings. The normalized spacial score (nSPS) is 17.2. The highest BCUT2D eigenvalue weighted by Gasteiger charge is 2.31. The number of likely N-dealkylation sites (tertiary alicyclic amines) is 1. The van der Waals surface area contributed by atoms with Crippen LogP contribution in [-0.2, 0) is 9.59 Å². The molecule has 2 aliphatic rings. The summed E-state index contributed by atoms with van der Waals surface area (Å²) >= 11 is 1.58. The number of piperidine rings is 1. The lowest BCUT2D eigenvalue weighted by atomic mass is 10.00. The molecule has 5 nitrogen and oxygen atoms in total. The highest BCUT2D eigenvalue weighted by molar-refractivity contribution is 7.17. The number of carbonyl (C=O) groups is 2. The van der Waals surface area contributed by atoms with E-state index in [-0.39, 0.29) is 24.9 Å². The summed E-state index contributed by atoms with van der Waals surface area (Å²) in [4.78, 5) is 35.2. The molecule has 0 aliphatic carbocycles. The summed E-state index contributed by atoms with van der Waals surface area (Å²) < 4.78 is 0. The predicted molar refractivity (Wildman–Crippen MR) is 114 cm³/mol. The summed E-state index contributed by atoms with van der Waals surface area (Å²) in [6.07, 6.45) is 3.26. The number of nitrogens with zero attached hydrogens (tertiary/aromatic N) is 3. The van der Waals surface area contributed by atoms with Gasteiger partial charge in [-0.1, -0.05) is 30.3 Å². The van der Waals surface area contributed by atoms with Crippen molar-refractivity contribution >= 4 is 33.9 Å². The van der Waals surface area contributed by atoms with Crippen molar-refractivity contribution in [2.75, 3.05) is 31.1 Å². The van der Waals surface area contributed by atoms with Gasteiger partial charge in [0.25, 0.3) is 0 Å². The van der Waals surface area contributed by atoms with Gasteiger partial charge in [-0.25, -0.2) is 0 Å². The van der Waals surface area contributed by atoms with Gasteiger partial charge in [0.15, 0.2) is 0 Å². The molecule has 1 saturated heterocycles. The van der Waals surface area contributed by atoms with Crippen LogP contribution in [0, 0.1) is 13.8 Å². The van der Waals surface area contributed by atoms with Gasteiger partial charge in [0.1, 0.15) is 18.1 Å². The highest BCUT2D eigenvalue weighted by Crippen LogP contribution is 2.38. The molecule has 0 unspecified atom stereocenters. The first-order valence-corrected chi connectivity index (χ1v) is 10.7. The Morgan fingerprint density at radius 3 is 2.54 bits per heavy atom. The Morgan fingerprint density at radius 2 is 1.82 bits per heavy atom. The van der Waals surface area contributed by atoms with Gasteiger partial charge >= 0.3 is 0 Å². The largest absolute Gasteiger partial charge is 0.341 e. The maximum absolute atomic E-state index is 12.9. The van der Waals surface area contributed by atoms with Crippen LogP contribution in [0.25, 0.3) is 0 Å². The molecule has 0 radical (unpaired) electrons. The number of hydrogen-bond donors (Lipinski definition) is 0. The van der Waals surface area contributed by atoms with Crippen molar-refractivity contribution in [3.63, 3.8) is 0 Å². The average Bonchev–Trinajstić information content (AvgIpc) is 2.94. The van der Waals surface area contributed by atoms with Crippen LogP contribution in [0.3, 0.4) is 0 Å². The lowest BCUT2D eigenvalue weighted by molar-refractivity contribution is -0.132. The Labute approximate surface area is 169 Å². The van der Waals surface area contributed by atoms with Gasteiger partial charge in [-0.3, -0.25) is 19.5 Å². The van der Waals surface area contributed by atoms with E-state index in [2.05, 4.69) is 18.8 Å². The van der Waals surface area contributed by atoms with E-state index in [0.717, 1.165) is 58.2 Å². The summed E-state index contributed by atoms with van der Waals surface area (Å²) in [6.45, 7) is 5.89. The molecule has 28 heavy (non-hydrogen) atoms. The molecule has 3 heterocycles. The average molecular weight is 396 g/mol. The first-order chi connectivity index (χ1) is 13.6. The molecule has 0 atom stereocenters. The fourth-order valence-electron chi connectivity index (χ4n) is 3.87. The predicted octanol–water partition coefficient (Wildman–Crippen LogP) is 3.56. The van der Waals surface area contributed by atoms with Gasteiger partial charge in [-0.2, -0.15) is 0 Å². The maximum Gasteiger partial charge on any atom is 0.249 e. The van der Waals surface area contributed by atoms with Crippen molar-refractivity contribution in [1.29, 1.82) is 0 Å². The monoisotopic (exact) mass is 395 g/mol. The number of anilines is 1. The molecule has 2 amide bonds. The van der Waals surface area contributed by atoms with E-state index < -0.39 is 0 Å². The third-order valence-electron chi connectivity index (χ3n) is 5.57. The zero-order valence-electron chi connectivity index (χ0n) is 16.4. The van der Waals surface area contributed by atoms with Crippen molar-refractivity contribution in [3.8, 4) is 0 Å². The van der Waals surface area contributed by atoms with Gasteiger partial charge in [0, 0.05) is 29.1 Å². The second kappa shape index (κ2) is 7.87. The Bertz CT molecular complexity index is 927. The molecule has 1 aromatic carbocycles. The first kappa shape index (κ1) is 18.9. The van der Waals surface area contributed by atoms with Gasteiger partial charge in [-0.15, -0.1) is 11.3 Å². The lowest BCUT2D eigenvalue weighted by Crippen LogP contribution is -2.45. The maximum atomic E-state index is 12.9. The second-order valence-electron chi connectivity index (χ2n) is 7.42. The van der Waals surface area contributed by atoms with Crippen LogP contribution < -0.4 is 4.90 Å². The number of thiophene rings is 1. The topological polar surface area (TPSA) is 53.0 Å². The Balaban J connectivity index is 1.72. The van der Waals surface area contributed by atoms with Gasteiger partial charge < -0.3 is 4.90 Å². The molecule has 0 saturated carbocycles. The van der Waals surface area contributed by atoms with Crippen LogP contribution in [0.4, 0.5) is 5.00 Å². The molecular formula is C22H25N3O2S. The van der Waals surface area contributed by atoms with Crippen molar-refractivity contribution in [2.45, 2.75) is 33.1 Å². The van der Waals surface area contributed by atoms with E-state index in [0.29, 0.717) is 0 Å². The fraction of sp³-hybridized carbons (Fsp3) is 0.409. The van der Waals surface area contributed by atoms with E-state index in [4.69, 9.17) is 0 Å². The van der Waals surface area contributed by atoms with Crippen molar-refractivity contribution < 1.29 is 9.59 Å². The van der Waals surface area contributed by atoms with Gasteiger partial charge in [0.2, 0.25) is 11.8 Å². The molecule has 4 rings (SSSR count). The van der Waals surface area contributed by atoms with Gasteiger partial charge in [0.05, 0.1) is 5.71 Å². The smallest absolute Gasteiger partial charge is 0.249 e. The third-order valence-corrected chi connectivity index (χ3v) is 6.80. The Morgan fingerprint density at radius 1 is 1.11 bits per heavy atom. The van der Waals surface area contributed by atoms with Crippen molar-refractivity contribution in [3.05, 3.63) is 51.9 Å². The number of amides is 2. The van der Waals surface area contributed by atoms with E-state index in [1.165, 1.54) is 6.42 Å². The van der Waals surface area contributed by atoms with E-state index in [1.54, 1.807) is 16.2 Å². The third kappa shape index (κ3) is 3.49. The minimum atomic E-state index is -0.112. The first-order valence-electron chi connectivity index (χ1n) is 9.84. The van der Waals surface area contributed by atoms with Crippen LogP contribution in [0.2, 0.25) is 0 Å². The number of rotatable bonds is 3. The SMILES string of the molecule is Cc1sc2c(c1C)C(c1ccccc1)=NCC(=O)N2CC(=O)N1CCCCC1. The van der Waals surface area contributed by atoms with E-state index in [9.17, 15) is 9.59 Å². The number of benzene rings is 1. The molecule has 146 valence electrons. The number of aliphatic imine (C=N–C) groups is 1. The number of fused-ring (bicyclic) bond motifs is 1. The summed E-state index contributed by atoms with van der Waals surface area (Å²) in [5.41, 5.74) is 3.97. The van der Waals surface area contributed by atoms with Crippen LogP contribution in [-0.4, -0.2) is 48.6 Å². The number of carbonyl (C=O) groups excluding carboxylic acids is 2. The molecular weight excluding hydrogens is 370 g/mol. The quantitative estimate of drug-likeness (QED) is 0.798. The van der Waals surface area contributed by atoms with Crippen molar-refractivity contribution in [2.24, 2.45) is 4.99 Å². The summed E-state index contributed by atoms with van der Waals surface area (Å²) in [5, 5.41) is 0.852. The zero-order chi connectivity index (χ0) is 19.7. The van der Waals surface area contributed by atoms with Gasteiger partial charge in [-0.05, 0) is 38.7 Å². The highest BCUT2D eigenvalue weighted by atomic mass is 32.1. The Hall–Kier alpha value is -2.47. The lowest BCUT2D eigenvalue weighted by Gasteiger charge is -2.29. The minimum Gasteiger partial charge on any atom is -0.341 e. The molecule has 1 aromatic heterocycles. The fourth-order valence-corrected chi connectivity index (χ4v) is 5.05. The zero-order valence-corrected chi connectivity index (χ0v) is 17.2. The molecule has 0 N–H and O–H groups in total. The van der Waals surface area contributed by atoms with Crippen LogP contribution in [0.1, 0.15) is 40.8 Å². The summed E-state index contributed by atoms with van der Waals surface area (Å²) in [6, 6.07) is 9.98. The van der Waals surface area contributed by atoms with Crippen LogP contribution in [0.15, 0.2) is 35.3 Å². The molecule has 2 aromatic rings. The number of hydrogen-bond acceptors (Lipinski definition) is 4.